The average molecular weight is 427 g/mol. The predicted octanol–water partition coefficient (Wildman–Crippen LogP) is 3.38. The molecule has 0 aliphatic carbocycles. The van der Waals surface area contributed by atoms with E-state index in [4.69, 9.17) is 4.74 Å². The molecule has 0 saturated carbocycles. The number of piperazine rings is 1. The normalized spacial score (nSPS) is 15.9. The highest BCUT2D eigenvalue weighted by molar-refractivity contribution is 7.15. The van der Waals surface area contributed by atoms with Gasteiger partial charge in [0.2, 0.25) is 0 Å². The zero-order chi connectivity index (χ0) is 21.1. The zero-order valence-electron chi connectivity index (χ0n) is 18.0. The van der Waals surface area contributed by atoms with Gasteiger partial charge in [-0.25, -0.2) is 4.98 Å². The lowest BCUT2D eigenvalue weighted by molar-refractivity contribution is 0.111. The minimum Gasteiger partial charge on any atom is -0.492 e. The van der Waals surface area contributed by atoms with Crippen LogP contribution in [0.3, 0.4) is 0 Å². The molecule has 0 amide bonds. The van der Waals surface area contributed by atoms with Crippen LogP contribution in [0, 0.1) is 6.92 Å². The molecule has 0 N–H and O–H groups in total. The summed E-state index contributed by atoms with van der Waals surface area (Å²) in [5, 5.41) is 1.90. The van der Waals surface area contributed by atoms with Gasteiger partial charge in [0, 0.05) is 56.9 Å². The van der Waals surface area contributed by atoms with Crippen LogP contribution in [0.1, 0.15) is 36.6 Å². The van der Waals surface area contributed by atoms with Gasteiger partial charge in [-0.2, -0.15) is 0 Å². The van der Waals surface area contributed by atoms with E-state index >= 15 is 0 Å². The molecule has 0 radical (unpaired) electrons. The number of nitrogens with zero attached hydrogens (tertiary/aromatic N) is 4. The van der Waals surface area contributed by atoms with Gasteiger partial charge in [0.25, 0.3) is 5.56 Å². The second kappa shape index (κ2) is 9.29. The Labute approximate surface area is 181 Å². The molecule has 2 aromatic heterocycles. The summed E-state index contributed by atoms with van der Waals surface area (Å²) < 4.78 is 7.59. The molecular weight excluding hydrogens is 396 g/mol. The standard InChI is InChI=1S/C23H30N4O2S/c1-17(2)21-5-4-20(14-18(21)3)29-12-10-25-6-8-26(9-7-25)16-19-15-22(28)27-11-13-30-23(27)24-19/h4-5,11,13-15,17H,6-10,12,16H2,1-3H3. The van der Waals surface area contributed by atoms with Gasteiger partial charge in [0.15, 0.2) is 4.96 Å². The molecule has 160 valence electrons. The number of hydrogen-bond acceptors (Lipinski definition) is 6. The summed E-state index contributed by atoms with van der Waals surface area (Å²) in [7, 11) is 0. The number of rotatable bonds is 7. The molecule has 1 fully saturated rings. The first-order valence-electron chi connectivity index (χ1n) is 10.6. The minimum absolute atomic E-state index is 0.00342. The predicted molar refractivity (Wildman–Crippen MR) is 122 cm³/mol. The average Bonchev–Trinajstić information content (AvgIpc) is 3.18. The van der Waals surface area contributed by atoms with Crippen LogP contribution < -0.4 is 10.3 Å². The van der Waals surface area contributed by atoms with Crippen LogP contribution in [0.2, 0.25) is 0 Å². The fraction of sp³-hybridized carbons (Fsp3) is 0.478. The Bertz CT molecular complexity index is 1050. The zero-order valence-corrected chi connectivity index (χ0v) is 18.8. The molecule has 1 aliphatic heterocycles. The third-order valence-corrected chi connectivity index (χ3v) is 6.50. The molecule has 1 aromatic carbocycles. The van der Waals surface area contributed by atoms with Gasteiger partial charge in [0.1, 0.15) is 12.4 Å². The molecule has 1 aliphatic rings. The Hall–Kier alpha value is -2.22. The second-order valence-corrected chi connectivity index (χ2v) is 9.15. The van der Waals surface area contributed by atoms with Crippen LogP contribution >= 0.6 is 11.3 Å². The molecular formula is C23H30N4O2S. The summed E-state index contributed by atoms with van der Waals surface area (Å²) in [5.41, 5.74) is 3.54. The first-order chi connectivity index (χ1) is 14.5. The highest BCUT2D eigenvalue weighted by Crippen LogP contribution is 2.23. The number of ether oxygens (including phenoxy) is 1. The van der Waals surface area contributed by atoms with E-state index in [1.165, 1.54) is 22.5 Å². The number of aromatic nitrogens is 2. The third kappa shape index (κ3) is 4.91. The number of aryl methyl sites for hydroxylation is 1. The summed E-state index contributed by atoms with van der Waals surface area (Å²) in [6.45, 7) is 12.9. The molecule has 3 aromatic rings. The summed E-state index contributed by atoms with van der Waals surface area (Å²) in [6.07, 6.45) is 1.78. The van der Waals surface area contributed by atoms with Crippen LogP contribution in [0.15, 0.2) is 40.6 Å². The van der Waals surface area contributed by atoms with E-state index in [-0.39, 0.29) is 5.56 Å². The maximum atomic E-state index is 12.2. The molecule has 3 heterocycles. The maximum Gasteiger partial charge on any atom is 0.258 e. The molecule has 1 saturated heterocycles. The lowest BCUT2D eigenvalue weighted by Crippen LogP contribution is -2.47. The summed E-state index contributed by atoms with van der Waals surface area (Å²) >= 11 is 1.50. The van der Waals surface area contributed by atoms with Crippen LogP contribution in [0.25, 0.3) is 4.96 Å². The Kier molecular flexibility index (Phi) is 6.51. The van der Waals surface area contributed by atoms with E-state index in [0.717, 1.165) is 55.7 Å². The van der Waals surface area contributed by atoms with Crippen molar-refractivity contribution in [3.63, 3.8) is 0 Å². The van der Waals surface area contributed by atoms with Crippen molar-refractivity contribution in [1.29, 1.82) is 0 Å². The van der Waals surface area contributed by atoms with E-state index in [0.29, 0.717) is 12.5 Å². The molecule has 0 bridgehead atoms. The molecule has 7 heteroatoms. The van der Waals surface area contributed by atoms with Crippen molar-refractivity contribution in [2.24, 2.45) is 0 Å². The van der Waals surface area contributed by atoms with E-state index < -0.39 is 0 Å². The number of benzene rings is 1. The first-order valence-corrected chi connectivity index (χ1v) is 11.5. The van der Waals surface area contributed by atoms with Crippen molar-refractivity contribution in [2.45, 2.75) is 33.2 Å². The monoisotopic (exact) mass is 426 g/mol. The Morgan fingerprint density at radius 1 is 1.13 bits per heavy atom. The Morgan fingerprint density at radius 2 is 1.90 bits per heavy atom. The van der Waals surface area contributed by atoms with Crippen molar-refractivity contribution < 1.29 is 4.74 Å². The molecule has 30 heavy (non-hydrogen) atoms. The molecule has 0 unspecified atom stereocenters. The smallest absolute Gasteiger partial charge is 0.258 e. The lowest BCUT2D eigenvalue weighted by atomic mass is 9.98. The van der Waals surface area contributed by atoms with Crippen molar-refractivity contribution in [3.05, 3.63) is 63.0 Å². The largest absolute Gasteiger partial charge is 0.492 e. The first kappa shape index (κ1) is 21.0. The molecule has 4 rings (SSSR count). The topological polar surface area (TPSA) is 50.1 Å². The Balaban J connectivity index is 1.23. The lowest BCUT2D eigenvalue weighted by Gasteiger charge is -2.34. The maximum absolute atomic E-state index is 12.2. The quantitative estimate of drug-likeness (QED) is 0.580. The van der Waals surface area contributed by atoms with Gasteiger partial charge in [-0.05, 0) is 36.1 Å². The number of fused-ring (bicyclic) bond motifs is 1. The van der Waals surface area contributed by atoms with E-state index in [2.05, 4.69) is 53.8 Å². The summed E-state index contributed by atoms with van der Waals surface area (Å²) in [4.78, 5) is 22.4. The highest BCUT2D eigenvalue weighted by atomic mass is 32.1. The van der Waals surface area contributed by atoms with Crippen molar-refractivity contribution >= 4 is 16.3 Å². The Morgan fingerprint density at radius 3 is 2.63 bits per heavy atom. The van der Waals surface area contributed by atoms with Gasteiger partial charge in [-0.1, -0.05) is 19.9 Å². The van der Waals surface area contributed by atoms with Crippen LogP contribution in [-0.2, 0) is 6.54 Å². The van der Waals surface area contributed by atoms with Crippen LogP contribution in [0.4, 0.5) is 0 Å². The highest BCUT2D eigenvalue weighted by Gasteiger charge is 2.18. The summed E-state index contributed by atoms with van der Waals surface area (Å²) in [5.74, 6) is 1.49. The van der Waals surface area contributed by atoms with Gasteiger partial charge in [0.05, 0.1) is 5.69 Å². The molecule has 0 spiro atoms. The minimum atomic E-state index is 0.00342. The fourth-order valence-electron chi connectivity index (χ4n) is 4.05. The van der Waals surface area contributed by atoms with Crippen LogP contribution in [0.5, 0.6) is 5.75 Å². The summed E-state index contributed by atoms with van der Waals surface area (Å²) in [6, 6.07) is 8.07. The van der Waals surface area contributed by atoms with Crippen molar-refractivity contribution in [1.82, 2.24) is 19.2 Å². The van der Waals surface area contributed by atoms with Gasteiger partial charge < -0.3 is 4.74 Å². The van der Waals surface area contributed by atoms with E-state index in [1.807, 2.05) is 5.38 Å². The van der Waals surface area contributed by atoms with Crippen molar-refractivity contribution in [3.8, 4) is 5.75 Å². The van der Waals surface area contributed by atoms with Gasteiger partial charge in [-0.15, -0.1) is 11.3 Å². The third-order valence-electron chi connectivity index (χ3n) is 5.75. The van der Waals surface area contributed by atoms with E-state index in [9.17, 15) is 4.79 Å². The molecule has 6 nitrogen and oxygen atoms in total. The van der Waals surface area contributed by atoms with Crippen LogP contribution in [-0.4, -0.2) is 58.5 Å². The second-order valence-electron chi connectivity index (χ2n) is 8.28. The number of hydrogen-bond donors (Lipinski definition) is 0. The van der Waals surface area contributed by atoms with Gasteiger partial charge >= 0.3 is 0 Å². The van der Waals surface area contributed by atoms with E-state index in [1.54, 1.807) is 16.7 Å². The van der Waals surface area contributed by atoms with Crippen molar-refractivity contribution in [2.75, 3.05) is 39.3 Å². The fourth-order valence-corrected chi connectivity index (χ4v) is 4.79. The van der Waals surface area contributed by atoms with Gasteiger partial charge in [-0.3, -0.25) is 19.0 Å². The molecule has 0 atom stereocenters. The SMILES string of the molecule is Cc1cc(OCCN2CCN(Cc3cc(=O)n4ccsc4n3)CC2)ccc1C(C)C. The number of thiazole rings is 1.